The molecule has 0 aliphatic carbocycles. The number of rotatable bonds is 5. The van der Waals surface area contributed by atoms with E-state index in [0.29, 0.717) is 23.0 Å². The molecule has 0 aromatic carbocycles. The van der Waals surface area contributed by atoms with Gasteiger partial charge in [-0.1, -0.05) is 11.8 Å². The van der Waals surface area contributed by atoms with Gasteiger partial charge in [0.2, 0.25) is 0 Å². The molecule has 7 nitrogen and oxygen atoms in total. The number of nitrogens with zero attached hydrogens (tertiary/aromatic N) is 6. The van der Waals surface area contributed by atoms with Gasteiger partial charge in [-0.3, -0.25) is 4.68 Å². The highest BCUT2D eigenvalue weighted by molar-refractivity contribution is 7.99. The Hall–Kier alpha value is -3.22. The number of piperidine rings is 1. The van der Waals surface area contributed by atoms with Crippen LogP contribution < -0.4 is 5.32 Å². The van der Waals surface area contributed by atoms with Crippen LogP contribution in [0.5, 0.6) is 0 Å². The SMILES string of the molecule is Cc1c(-c2cc(Sc3ncccc3F)c3c(C#N)cnn3c2)cnn1[C@H](C)C1CCNCC1. The first-order valence-corrected chi connectivity index (χ1v) is 11.8. The van der Waals surface area contributed by atoms with E-state index in [9.17, 15) is 9.65 Å². The molecule has 1 N–H and O–H groups in total. The number of hydrogen-bond donors (Lipinski definition) is 1. The van der Waals surface area contributed by atoms with E-state index in [1.165, 1.54) is 24.0 Å². The molecule has 33 heavy (non-hydrogen) atoms. The molecule has 1 aliphatic heterocycles. The highest BCUT2D eigenvalue weighted by atomic mass is 32.2. The van der Waals surface area contributed by atoms with Gasteiger partial charge in [0.15, 0.2) is 5.82 Å². The van der Waals surface area contributed by atoms with E-state index in [-0.39, 0.29) is 5.03 Å². The zero-order valence-corrected chi connectivity index (χ0v) is 19.3. The summed E-state index contributed by atoms with van der Waals surface area (Å²) in [7, 11) is 0. The first-order valence-electron chi connectivity index (χ1n) is 11.0. The van der Waals surface area contributed by atoms with Crippen LogP contribution in [0.2, 0.25) is 0 Å². The fraction of sp³-hybridized carbons (Fsp3) is 0.333. The van der Waals surface area contributed by atoms with Crippen molar-refractivity contribution in [3.8, 4) is 17.2 Å². The van der Waals surface area contributed by atoms with Crippen molar-refractivity contribution >= 4 is 17.3 Å². The number of nitriles is 1. The molecule has 0 radical (unpaired) electrons. The molecule has 1 fully saturated rings. The lowest BCUT2D eigenvalue weighted by Crippen LogP contribution is -2.32. The number of hydrogen-bond acceptors (Lipinski definition) is 6. The Kier molecular flexibility index (Phi) is 5.87. The summed E-state index contributed by atoms with van der Waals surface area (Å²) < 4.78 is 18.2. The fourth-order valence-electron chi connectivity index (χ4n) is 4.59. The smallest absolute Gasteiger partial charge is 0.155 e. The second kappa shape index (κ2) is 8.96. The van der Waals surface area contributed by atoms with Crippen LogP contribution >= 0.6 is 11.8 Å². The average Bonchev–Trinajstić information content (AvgIpc) is 3.44. The quantitative estimate of drug-likeness (QED) is 0.467. The molecule has 5 rings (SSSR count). The molecule has 1 atom stereocenters. The maximum atomic E-state index is 14.4. The maximum Gasteiger partial charge on any atom is 0.155 e. The molecule has 0 amide bonds. The zero-order valence-electron chi connectivity index (χ0n) is 18.5. The van der Waals surface area contributed by atoms with Crippen LogP contribution in [0.25, 0.3) is 16.6 Å². The topological polar surface area (TPSA) is 83.8 Å². The third kappa shape index (κ3) is 4.01. The van der Waals surface area contributed by atoms with Crippen molar-refractivity contribution in [2.24, 2.45) is 5.92 Å². The summed E-state index contributed by atoms with van der Waals surface area (Å²) in [4.78, 5) is 4.89. The van der Waals surface area contributed by atoms with E-state index in [1.54, 1.807) is 16.8 Å². The summed E-state index contributed by atoms with van der Waals surface area (Å²) in [6, 6.07) is 7.40. The van der Waals surface area contributed by atoms with E-state index in [1.807, 2.05) is 18.5 Å². The Labute approximate surface area is 195 Å². The highest BCUT2D eigenvalue weighted by Crippen LogP contribution is 2.37. The fourth-order valence-corrected chi connectivity index (χ4v) is 5.56. The minimum atomic E-state index is -0.399. The number of halogens is 1. The molecule has 5 heterocycles. The first-order chi connectivity index (χ1) is 16.1. The molecular formula is C24H24FN7S. The van der Waals surface area contributed by atoms with Crippen molar-refractivity contribution in [3.63, 3.8) is 0 Å². The summed E-state index contributed by atoms with van der Waals surface area (Å²) >= 11 is 1.20. The monoisotopic (exact) mass is 461 g/mol. The van der Waals surface area contributed by atoms with Gasteiger partial charge in [-0.2, -0.15) is 15.5 Å². The molecule has 9 heteroatoms. The predicted molar refractivity (Wildman–Crippen MR) is 124 cm³/mol. The van der Waals surface area contributed by atoms with Gasteiger partial charge in [-0.25, -0.2) is 13.9 Å². The van der Waals surface area contributed by atoms with Crippen LogP contribution in [-0.2, 0) is 0 Å². The van der Waals surface area contributed by atoms with Crippen molar-refractivity contribution in [1.29, 1.82) is 5.26 Å². The Morgan fingerprint density at radius 3 is 2.85 bits per heavy atom. The molecule has 4 aromatic rings. The van der Waals surface area contributed by atoms with Gasteiger partial charge < -0.3 is 5.32 Å². The number of nitrogens with one attached hydrogen (secondary N) is 1. The second-order valence-electron chi connectivity index (χ2n) is 8.36. The standard InChI is InChI=1S/C24H24FN7S/c1-15(17-5-8-27-9-6-17)32-16(2)20(13-30-32)18-10-22(33-24-21(25)4-3-7-28-24)23-19(11-26)12-29-31(23)14-18/h3-4,7,10,12-15,17,27H,5-6,8-9H2,1-2H3/t15-/m1/s1. The lowest BCUT2D eigenvalue weighted by atomic mass is 9.91. The molecule has 0 bridgehead atoms. The lowest BCUT2D eigenvalue weighted by Gasteiger charge is -2.29. The number of aromatic nitrogens is 5. The molecule has 168 valence electrons. The van der Waals surface area contributed by atoms with Gasteiger partial charge in [0.05, 0.1) is 29.5 Å². The van der Waals surface area contributed by atoms with Crippen LogP contribution in [0.15, 0.2) is 52.9 Å². The Bertz CT molecular complexity index is 1350. The normalized spacial score (nSPS) is 15.6. The van der Waals surface area contributed by atoms with Gasteiger partial charge in [-0.15, -0.1) is 0 Å². The van der Waals surface area contributed by atoms with E-state index in [4.69, 9.17) is 5.10 Å². The van der Waals surface area contributed by atoms with Gasteiger partial charge in [0.1, 0.15) is 11.1 Å². The van der Waals surface area contributed by atoms with Gasteiger partial charge in [0, 0.05) is 34.1 Å². The van der Waals surface area contributed by atoms with Gasteiger partial charge >= 0.3 is 0 Å². The molecule has 1 aliphatic rings. The Morgan fingerprint density at radius 2 is 2.09 bits per heavy atom. The Balaban J connectivity index is 1.57. The van der Waals surface area contributed by atoms with E-state index < -0.39 is 5.82 Å². The molecular weight excluding hydrogens is 437 g/mol. The summed E-state index contributed by atoms with van der Waals surface area (Å²) in [6.45, 7) is 6.41. The van der Waals surface area contributed by atoms with Crippen molar-refractivity contribution in [1.82, 2.24) is 29.7 Å². The van der Waals surface area contributed by atoms with Crippen LogP contribution in [0.1, 0.15) is 37.1 Å². The van der Waals surface area contributed by atoms with E-state index in [2.05, 4.69) is 40.0 Å². The van der Waals surface area contributed by atoms with E-state index in [0.717, 1.165) is 47.6 Å². The summed E-state index contributed by atoms with van der Waals surface area (Å²) in [5.74, 6) is 0.187. The molecule has 1 saturated heterocycles. The molecule has 0 saturated carbocycles. The first kappa shape index (κ1) is 21.6. The van der Waals surface area contributed by atoms with Crippen molar-refractivity contribution < 1.29 is 4.39 Å². The minimum Gasteiger partial charge on any atom is -0.317 e. The maximum absolute atomic E-state index is 14.4. The van der Waals surface area contributed by atoms with Crippen LogP contribution in [0.4, 0.5) is 4.39 Å². The van der Waals surface area contributed by atoms with Gasteiger partial charge in [0.25, 0.3) is 0 Å². The number of fused-ring (bicyclic) bond motifs is 1. The Morgan fingerprint density at radius 1 is 1.27 bits per heavy atom. The number of pyridine rings is 2. The molecule has 0 unspecified atom stereocenters. The third-order valence-corrected chi connectivity index (χ3v) is 7.46. The lowest BCUT2D eigenvalue weighted by molar-refractivity contribution is 0.258. The van der Waals surface area contributed by atoms with Crippen molar-refractivity contribution in [3.05, 3.63) is 60.1 Å². The average molecular weight is 462 g/mol. The van der Waals surface area contributed by atoms with E-state index >= 15 is 0 Å². The molecule has 0 spiro atoms. The van der Waals surface area contributed by atoms with Crippen LogP contribution in [0, 0.1) is 30.0 Å². The van der Waals surface area contributed by atoms with Gasteiger partial charge in [-0.05, 0) is 63.9 Å². The van der Waals surface area contributed by atoms with Crippen molar-refractivity contribution in [2.45, 2.75) is 42.7 Å². The molecule has 4 aromatic heterocycles. The summed E-state index contributed by atoms with van der Waals surface area (Å²) in [5, 5.41) is 22.4. The van der Waals surface area contributed by atoms with Crippen molar-refractivity contribution in [2.75, 3.05) is 13.1 Å². The van der Waals surface area contributed by atoms with Crippen LogP contribution in [0.3, 0.4) is 0 Å². The highest BCUT2D eigenvalue weighted by Gasteiger charge is 2.24. The minimum absolute atomic E-state index is 0.258. The summed E-state index contributed by atoms with van der Waals surface area (Å²) in [6.07, 6.45) is 9.17. The summed E-state index contributed by atoms with van der Waals surface area (Å²) in [5.41, 5.74) is 4.06. The largest absolute Gasteiger partial charge is 0.317 e. The zero-order chi connectivity index (χ0) is 22.9. The second-order valence-corrected chi connectivity index (χ2v) is 9.40. The predicted octanol–water partition coefficient (Wildman–Crippen LogP) is 4.62. The van der Waals surface area contributed by atoms with Crippen LogP contribution in [-0.4, -0.2) is 37.5 Å². The third-order valence-electron chi connectivity index (χ3n) is 6.44.